The Morgan fingerprint density at radius 2 is 1.79 bits per heavy atom. The Labute approximate surface area is 174 Å². The average Bonchev–Trinajstić information content (AvgIpc) is 3.02. The van der Waals surface area contributed by atoms with Crippen molar-refractivity contribution in [1.82, 2.24) is 22.9 Å². The van der Waals surface area contributed by atoms with E-state index in [1.807, 2.05) is 26.2 Å². The maximum absolute atomic E-state index is 13.0. The molecule has 2 unspecified atom stereocenters. The van der Waals surface area contributed by atoms with Crippen LogP contribution in [0.25, 0.3) is 4.96 Å². The highest BCUT2D eigenvalue weighted by molar-refractivity contribution is 7.86. The van der Waals surface area contributed by atoms with Gasteiger partial charge >= 0.3 is 0 Å². The molecular weight excluding hydrogens is 414 g/mol. The van der Waals surface area contributed by atoms with Crippen molar-refractivity contribution in [3.05, 3.63) is 33.2 Å². The van der Waals surface area contributed by atoms with Crippen molar-refractivity contribution in [2.75, 3.05) is 39.3 Å². The summed E-state index contributed by atoms with van der Waals surface area (Å²) in [6.45, 7) is 9.10. The van der Waals surface area contributed by atoms with E-state index in [0.717, 1.165) is 11.4 Å². The van der Waals surface area contributed by atoms with Crippen LogP contribution in [0.1, 0.15) is 25.2 Å². The van der Waals surface area contributed by atoms with E-state index < -0.39 is 10.2 Å². The first-order valence-corrected chi connectivity index (χ1v) is 12.1. The zero-order valence-electron chi connectivity index (χ0n) is 16.9. The largest absolute Gasteiger partial charge is 0.373 e. The Kier molecular flexibility index (Phi) is 5.79. The third kappa shape index (κ3) is 4.25. The molecule has 2 aliphatic heterocycles. The Hall–Kier alpha value is -1.37. The molecule has 0 aromatic carbocycles. The maximum Gasteiger partial charge on any atom is 0.282 e. The fraction of sp³-hybridized carbons (Fsp3) is 0.667. The van der Waals surface area contributed by atoms with Crippen LogP contribution in [-0.4, -0.2) is 82.8 Å². The summed E-state index contributed by atoms with van der Waals surface area (Å²) in [5.74, 6) is 0. The molecule has 2 atom stereocenters. The van der Waals surface area contributed by atoms with Gasteiger partial charge in [0, 0.05) is 63.0 Å². The highest BCUT2D eigenvalue weighted by atomic mass is 32.2. The first kappa shape index (κ1) is 20.9. The summed E-state index contributed by atoms with van der Waals surface area (Å²) in [5, 5.41) is 1.92. The summed E-state index contributed by atoms with van der Waals surface area (Å²) in [5.41, 5.74) is 1.55. The van der Waals surface area contributed by atoms with Gasteiger partial charge in [0.15, 0.2) is 4.96 Å². The Balaban J connectivity index is 1.40. The number of morpholine rings is 1. The quantitative estimate of drug-likeness (QED) is 0.688. The minimum absolute atomic E-state index is 0.0690. The van der Waals surface area contributed by atoms with Gasteiger partial charge in [0.1, 0.15) is 0 Å². The van der Waals surface area contributed by atoms with Crippen LogP contribution in [0.5, 0.6) is 0 Å². The second kappa shape index (κ2) is 8.05. The molecule has 2 aromatic heterocycles. The minimum atomic E-state index is -3.49. The second-order valence-corrected chi connectivity index (χ2v) is 10.6. The molecule has 4 heterocycles. The van der Waals surface area contributed by atoms with E-state index in [1.54, 1.807) is 14.8 Å². The molecule has 0 spiro atoms. The van der Waals surface area contributed by atoms with Crippen LogP contribution in [-0.2, 0) is 21.5 Å². The van der Waals surface area contributed by atoms with Gasteiger partial charge in [-0.2, -0.15) is 17.0 Å². The van der Waals surface area contributed by atoms with Gasteiger partial charge in [0.25, 0.3) is 15.8 Å². The van der Waals surface area contributed by atoms with E-state index in [0.29, 0.717) is 50.8 Å². The van der Waals surface area contributed by atoms with Crippen molar-refractivity contribution < 1.29 is 13.2 Å². The van der Waals surface area contributed by atoms with E-state index in [2.05, 4.69) is 9.88 Å². The lowest BCUT2D eigenvalue weighted by molar-refractivity contribution is -0.0457. The van der Waals surface area contributed by atoms with Gasteiger partial charge < -0.3 is 4.74 Å². The van der Waals surface area contributed by atoms with Crippen LogP contribution < -0.4 is 5.56 Å². The average molecular weight is 442 g/mol. The second-order valence-electron chi connectivity index (χ2n) is 7.84. The molecule has 160 valence electrons. The molecule has 0 bridgehead atoms. The number of hydrogen-bond donors (Lipinski definition) is 0. The summed E-state index contributed by atoms with van der Waals surface area (Å²) >= 11 is 1.45. The van der Waals surface area contributed by atoms with Crippen LogP contribution in [0, 0.1) is 6.92 Å². The van der Waals surface area contributed by atoms with Gasteiger partial charge in [-0.05, 0) is 20.8 Å². The predicted molar refractivity (Wildman–Crippen MR) is 111 cm³/mol. The maximum atomic E-state index is 13.0. The van der Waals surface area contributed by atoms with Gasteiger partial charge in [-0.1, -0.05) is 0 Å². The summed E-state index contributed by atoms with van der Waals surface area (Å²) in [6.07, 6.45) is -0.202. The molecule has 0 aliphatic carbocycles. The fourth-order valence-electron chi connectivity index (χ4n) is 4.01. The summed E-state index contributed by atoms with van der Waals surface area (Å²) < 4.78 is 36.4. The van der Waals surface area contributed by atoms with Crippen molar-refractivity contribution in [3.8, 4) is 0 Å². The first-order valence-electron chi connectivity index (χ1n) is 9.84. The Morgan fingerprint density at radius 1 is 1.14 bits per heavy atom. The summed E-state index contributed by atoms with van der Waals surface area (Å²) in [6, 6.07) is 1.58. The van der Waals surface area contributed by atoms with Gasteiger partial charge in [-0.25, -0.2) is 4.98 Å². The first-order chi connectivity index (χ1) is 13.7. The lowest BCUT2D eigenvalue weighted by Crippen LogP contribution is -2.57. The molecule has 2 aromatic rings. The van der Waals surface area contributed by atoms with Gasteiger partial charge in [-0.3, -0.25) is 14.1 Å². The third-order valence-electron chi connectivity index (χ3n) is 5.38. The van der Waals surface area contributed by atoms with Crippen LogP contribution >= 0.6 is 11.3 Å². The molecule has 0 N–H and O–H groups in total. The van der Waals surface area contributed by atoms with E-state index >= 15 is 0 Å². The van der Waals surface area contributed by atoms with Crippen LogP contribution in [0.15, 0.2) is 16.2 Å². The minimum Gasteiger partial charge on any atom is -0.373 e. The molecule has 0 radical (unpaired) electrons. The number of hydrogen-bond acceptors (Lipinski definition) is 7. The SMILES string of the molecule is Cc1csc2nc(CN3CCN(S(=O)(=O)N4CC(C)OC(C)C4)CC3)cc(=O)n12. The van der Waals surface area contributed by atoms with Gasteiger partial charge in [0.2, 0.25) is 0 Å². The third-order valence-corrected chi connectivity index (χ3v) is 8.30. The molecule has 29 heavy (non-hydrogen) atoms. The highest BCUT2D eigenvalue weighted by Gasteiger charge is 2.36. The zero-order valence-corrected chi connectivity index (χ0v) is 18.6. The van der Waals surface area contributed by atoms with Crippen molar-refractivity contribution in [3.63, 3.8) is 0 Å². The summed E-state index contributed by atoms with van der Waals surface area (Å²) in [4.78, 5) is 19.8. The standard InChI is InChI=1S/C18H27N5O4S2/c1-13-12-28-18-19-16(8-17(24)23(13)18)11-20-4-6-21(7-5-20)29(25,26)22-9-14(2)27-15(3)10-22/h8,12,14-15H,4-7,9-11H2,1-3H3. The number of aromatic nitrogens is 2. The summed E-state index contributed by atoms with van der Waals surface area (Å²) in [7, 11) is -3.49. The van der Waals surface area contributed by atoms with E-state index in [4.69, 9.17) is 4.74 Å². The van der Waals surface area contributed by atoms with Crippen LogP contribution in [0.4, 0.5) is 0 Å². The molecule has 2 aliphatic rings. The molecule has 0 saturated carbocycles. The predicted octanol–water partition coefficient (Wildman–Crippen LogP) is 0.536. The van der Waals surface area contributed by atoms with Crippen molar-refractivity contribution >= 4 is 26.5 Å². The Morgan fingerprint density at radius 3 is 2.45 bits per heavy atom. The van der Waals surface area contributed by atoms with Crippen molar-refractivity contribution in [1.29, 1.82) is 0 Å². The molecule has 4 rings (SSSR count). The van der Waals surface area contributed by atoms with E-state index in [9.17, 15) is 13.2 Å². The smallest absolute Gasteiger partial charge is 0.282 e. The Bertz CT molecular complexity index is 1030. The van der Waals surface area contributed by atoms with Crippen molar-refractivity contribution in [2.45, 2.75) is 39.5 Å². The number of fused-ring (bicyclic) bond motifs is 1. The number of nitrogens with zero attached hydrogens (tertiary/aromatic N) is 5. The number of ether oxygens (including phenoxy) is 1. The molecule has 9 nitrogen and oxygen atoms in total. The van der Waals surface area contributed by atoms with Gasteiger partial charge in [0.05, 0.1) is 17.9 Å². The molecule has 0 amide bonds. The van der Waals surface area contributed by atoms with Gasteiger partial charge in [-0.15, -0.1) is 11.3 Å². The number of aryl methyl sites for hydroxylation is 1. The molecule has 2 saturated heterocycles. The number of piperazine rings is 1. The monoisotopic (exact) mass is 441 g/mol. The lowest BCUT2D eigenvalue weighted by atomic mass is 10.3. The zero-order chi connectivity index (χ0) is 20.8. The van der Waals surface area contributed by atoms with Crippen molar-refractivity contribution in [2.24, 2.45) is 0 Å². The molecule has 2 fully saturated rings. The normalized spacial score (nSPS) is 25.6. The van der Waals surface area contributed by atoms with E-state index in [-0.39, 0.29) is 17.8 Å². The molecule has 11 heteroatoms. The number of thiazole rings is 1. The van der Waals surface area contributed by atoms with Crippen LogP contribution in [0.3, 0.4) is 0 Å². The topological polar surface area (TPSA) is 87.5 Å². The fourth-order valence-corrected chi connectivity index (χ4v) is 6.65. The van der Waals surface area contributed by atoms with E-state index in [1.165, 1.54) is 15.6 Å². The number of rotatable bonds is 4. The highest BCUT2D eigenvalue weighted by Crippen LogP contribution is 2.19. The molecular formula is C18H27N5O4S2. The lowest BCUT2D eigenvalue weighted by Gasteiger charge is -2.40. The van der Waals surface area contributed by atoms with Crippen LogP contribution in [0.2, 0.25) is 0 Å².